The van der Waals surface area contributed by atoms with Crippen molar-refractivity contribution >= 4 is 0 Å². The molecular formula is C6H12O4. The number of rotatable bonds is 0. The van der Waals surface area contributed by atoms with E-state index in [1.54, 1.807) is 6.92 Å². The second kappa shape index (κ2) is 2.84. The Morgan fingerprint density at radius 3 is 2.30 bits per heavy atom. The average molecular weight is 148 g/mol. The average Bonchev–Trinajstić information content (AvgIpc) is 1.93. The molecule has 4 heteroatoms. The lowest BCUT2D eigenvalue weighted by Crippen LogP contribution is -2.51. The van der Waals surface area contributed by atoms with Crippen molar-refractivity contribution < 1.29 is 20.1 Å². The molecule has 0 aromatic carbocycles. The van der Waals surface area contributed by atoms with Crippen molar-refractivity contribution in [3.05, 3.63) is 0 Å². The van der Waals surface area contributed by atoms with E-state index < -0.39 is 24.4 Å². The molecule has 0 spiro atoms. The lowest BCUT2D eigenvalue weighted by molar-refractivity contribution is -0.181. The first-order valence-electron chi connectivity index (χ1n) is 3.28. The molecule has 0 aromatic heterocycles. The SMILES string of the molecule is CC1OC[C@H](O)[C@@H](O)[C@H]1O. The second-order valence-corrected chi connectivity index (χ2v) is 2.59. The van der Waals surface area contributed by atoms with E-state index in [2.05, 4.69) is 0 Å². The summed E-state index contributed by atoms with van der Waals surface area (Å²) in [6, 6.07) is 0. The highest BCUT2D eigenvalue weighted by Crippen LogP contribution is 2.14. The summed E-state index contributed by atoms with van der Waals surface area (Å²) in [6.07, 6.45) is -3.38. The van der Waals surface area contributed by atoms with Gasteiger partial charge in [0.1, 0.15) is 18.3 Å². The number of hydrogen-bond acceptors (Lipinski definition) is 4. The quantitative estimate of drug-likeness (QED) is 0.390. The highest BCUT2D eigenvalue weighted by Gasteiger charge is 2.34. The molecule has 3 N–H and O–H groups in total. The zero-order chi connectivity index (χ0) is 7.72. The fourth-order valence-corrected chi connectivity index (χ4v) is 0.953. The predicted octanol–water partition coefficient (Wildman–Crippen LogP) is -1.51. The van der Waals surface area contributed by atoms with Gasteiger partial charge in [0, 0.05) is 0 Å². The van der Waals surface area contributed by atoms with Gasteiger partial charge in [-0.3, -0.25) is 0 Å². The van der Waals surface area contributed by atoms with Crippen LogP contribution in [0.25, 0.3) is 0 Å². The van der Waals surface area contributed by atoms with Gasteiger partial charge in [-0.25, -0.2) is 0 Å². The summed E-state index contributed by atoms with van der Waals surface area (Å²) >= 11 is 0. The first-order chi connectivity index (χ1) is 4.63. The van der Waals surface area contributed by atoms with E-state index in [0.717, 1.165) is 0 Å². The van der Waals surface area contributed by atoms with Crippen LogP contribution in [0, 0.1) is 0 Å². The van der Waals surface area contributed by atoms with E-state index in [0.29, 0.717) is 0 Å². The van der Waals surface area contributed by atoms with E-state index in [1.165, 1.54) is 0 Å². The van der Waals surface area contributed by atoms with Crippen LogP contribution < -0.4 is 0 Å². The second-order valence-electron chi connectivity index (χ2n) is 2.59. The van der Waals surface area contributed by atoms with Gasteiger partial charge in [-0.2, -0.15) is 0 Å². The van der Waals surface area contributed by atoms with E-state index >= 15 is 0 Å². The topological polar surface area (TPSA) is 69.9 Å². The molecule has 4 atom stereocenters. The smallest absolute Gasteiger partial charge is 0.110 e. The van der Waals surface area contributed by atoms with Gasteiger partial charge in [-0.1, -0.05) is 0 Å². The maximum absolute atomic E-state index is 9.08. The minimum Gasteiger partial charge on any atom is -0.388 e. The Balaban J connectivity index is 2.52. The van der Waals surface area contributed by atoms with Crippen LogP contribution >= 0.6 is 0 Å². The highest BCUT2D eigenvalue weighted by molar-refractivity contribution is 4.83. The van der Waals surface area contributed by atoms with Gasteiger partial charge in [-0.15, -0.1) is 0 Å². The van der Waals surface area contributed by atoms with Crippen molar-refractivity contribution in [3.8, 4) is 0 Å². The molecule has 1 heterocycles. The molecule has 0 aromatic rings. The van der Waals surface area contributed by atoms with Crippen LogP contribution in [0.2, 0.25) is 0 Å². The van der Waals surface area contributed by atoms with Crippen molar-refractivity contribution in [2.24, 2.45) is 0 Å². The van der Waals surface area contributed by atoms with Gasteiger partial charge >= 0.3 is 0 Å². The maximum atomic E-state index is 9.08. The lowest BCUT2D eigenvalue weighted by atomic mass is 10.0. The number of aliphatic hydroxyl groups excluding tert-OH is 3. The van der Waals surface area contributed by atoms with Crippen molar-refractivity contribution in [2.45, 2.75) is 31.3 Å². The molecule has 1 saturated heterocycles. The monoisotopic (exact) mass is 148 g/mol. The molecule has 1 aliphatic heterocycles. The molecule has 0 radical (unpaired) electrons. The van der Waals surface area contributed by atoms with Crippen molar-refractivity contribution in [1.82, 2.24) is 0 Å². The molecule has 1 unspecified atom stereocenters. The van der Waals surface area contributed by atoms with Gasteiger partial charge in [0.25, 0.3) is 0 Å². The molecule has 0 saturated carbocycles. The normalized spacial score (nSPS) is 49.2. The van der Waals surface area contributed by atoms with Crippen LogP contribution in [-0.4, -0.2) is 46.3 Å². The number of aliphatic hydroxyl groups is 3. The largest absolute Gasteiger partial charge is 0.388 e. The molecule has 1 aliphatic rings. The Labute approximate surface area is 59.1 Å². The minimum atomic E-state index is -1.07. The summed E-state index contributed by atoms with van der Waals surface area (Å²) in [5.41, 5.74) is 0. The van der Waals surface area contributed by atoms with Crippen LogP contribution in [0.1, 0.15) is 6.92 Å². The minimum absolute atomic E-state index is 0.0966. The van der Waals surface area contributed by atoms with Gasteiger partial charge in [0.15, 0.2) is 0 Å². The highest BCUT2D eigenvalue weighted by atomic mass is 16.5. The standard InChI is InChI=1S/C6H12O4/c1-3-5(8)6(9)4(7)2-10-3/h3-9H,2H2,1H3/t3?,4-,5-,6+/m0/s1. The van der Waals surface area contributed by atoms with E-state index in [4.69, 9.17) is 20.1 Å². The Bertz CT molecular complexity index is 102. The molecule has 1 fully saturated rings. The van der Waals surface area contributed by atoms with Crippen molar-refractivity contribution in [2.75, 3.05) is 6.61 Å². The van der Waals surface area contributed by atoms with E-state index in [1.807, 2.05) is 0 Å². The van der Waals surface area contributed by atoms with Gasteiger partial charge in [0.05, 0.1) is 12.7 Å². The van der Waals surface area contributed by atoms with Gasteiger partial charge in [-0.05, 0) is 6.92 Å². The summed E-state index contributed by atoms with van der Waals surface area (Å²) in [5, 5.41) is 27.0. The Hall–Kier alpha value is -0.160. The van der Waals surface area contributed by atoms with Crippen LogP contribution in [0.15, 0.2) is 0 Å². The zero-order valence-electron chi connectivity index (χ0n) is 5.77. The van der Waals surface area contributed by atoms with Gasteiger partial charge in [0.2, 0.25) is 0 Å². The number of hydrogen-bond donors (Lipinski definition) is 3. The van der Waals surface area contributed by atoms with Crippen LogP contribution in [0.3, 0.4) is 0 Å². The maximum Gasteiger partial charge on any atom is 0.110 e. The van der Waals surface area contributed by atoms with Crippen LogP contribution in [0.5, 0.6) is 0 Å². The Kier molecular flexibility index (Phi) is 2.25. The summed E-state index contributed by atoms with van der Waals surface area (Å²) in [4.78, 5) is 0. The number of ether oxygens (including phenoxy) is 1. The summed E-state index contributed by atoms with van der Waals surface area (Å²) in [7, 11) is 0. The fraction of sp³-hybridized carbons (Fsp3) is 1.00. The van der Waals surface area contributed by atoms with Gasteiger partial charge < -0.3 is 20.1 Å². The first kappa shape index (κ1) is 7.94. The van der Waals surface area contributed by atoms with Crippen LogP contribution in [-0.2, 0) is 4.74 Å². The molecule has 4 nitrogen and oxygen atoms in total. The molecule has 1 rings (SSSR count). The lowest BCUT2D eigenvalue weighted by Gasteiger charge is -2.33. The third-order valence-electron chi connectivity index (χ3n) is 1.75. The van der Waals surface area contributed by atoms with Crippen LogP contribution in [0.4, 0.5) is 0 Å². The predicted molar refractivity (Wildman–Crippen MR) is 33.4 cm³/mol. The molecule has 0 amide bonds. The third-order valence-corrected chi connectivity index (χ3v) is 1.75. The summed E-state index contributed by atoms with van der Waals surface area (Å²) in [5.74, 6) is 0. The Morgan fingerprint density at radius 2 is 1.80 bits per heavy atom. The van der Waals surface area contributed by atoms with E-state index in [-0.39, 0.29) is 6.61 Å². The van der Waals surface area contributed by atoms with Crippen molar-refractivity contribution in [1.29, 1.82) is 0 Å². The third kappa shape index (κ3) is 1.29. The summed E-state index contributed by atoms with van der Waals surface area (Å²) in [6.45, 7) is 1.75. The first-order valence-corrected chi connectivity index (χ1v) is 3.28. The molecule has 0 aliphatic carbocycles. The fourth-order valence-electron chi connectivity index (χ4n) is 0.953. The Morgan fingerprint density at radius 1 is 1.20 bits per heavy atom. The molecule has 60 valence electrons. The zero-order valence-corrected chi connectivity index (χ0v) is 5.77. The summed E-state index contributed by atoms with van der Waals surface area (Å²) < 4.78 is 4.91. The molecule has 0 bridgehead atoms. The van der Waals surface area contributed by atoms with Crippen molar-refractivity contribution in [3.63, 3.8) is 0 Å². The van der Waals surface area contributed by atoms with E-state index in [9.17, 15) is 0 Å². The molecular weight excluding hydrogens is 136 g/mol. The molecule has 10 heavy (non-hydrogen) atoms.